The van der Waals surface area contributed by atoms with Crippen molar-refractivity contribution in [3.05, 3.63) is 59.7 Å². The molecule has 0 spiro atoms. The predicted molar refractivity (Wildman–Crippen MR) is 130 cm³/mol. The first kappa shape index (κ1) is 24.2. The summed E-state index contributed by atoms with van der Waals surface area (Å²) in [6, 6.07) is 14.4. The highest BCUT2D eigenvalue weighted by molar-refractivity contribution is 5.95. The molecular formula is C27H34N2O5. The Kier molecular flexibility index (Phi) is 7.85. The second-order valence-electron chi connectivity index (χ2n) is 9.24. The molecule has 7 heteroatoms. The third-order valence-corrected chi connectivity index (χ3v) is 7.29. The Morgan fingerprint density at radius 2 is 2.00 bits per heavy atom. The fraction of sp³-hybridized carbons (Fsp3) is 0.481. The van der Waals surface area contributed by atoms with Gasteiger partial charge in [-0.1, -0.05) is 31.5 Å². The number of nitrogens with one attached hydrogen (secondary N) is 2. The van der Waals surface area contributed by atoms with Crippen LogP contribution in [0.3, 0.4) is 0 Å². The number of fused-ring (bicyclic) bond motifs is 1. The van der Waals surface area contributed by atoms with E-state index in [0.29, 0.717) is 17.2 Å². The average molecular weight is 467 g/mol. The molecule has 0 radical (unpaired) electrons. The molecule has 2 aliphatic rings. The van der Waals surface area contributed by atoms with Gasteiger partial charge in [0.05, 0.1) is 12.7 Å². The van der Waals surface area contributed by atoms with E-state index in [4.69, 9.17) is 9.47 Å². The minimum absolute atomic E-state index is 0.0995. The Morgan fingerprint density at radius 1 is 1.21 bits per heavy atom. The molecule has 1 saturated heterocycles. The standard InChI is InChI=1S/C27H34N2O5/c1-3-17(16-30)19-11-12-28-24(13-19)26(34-27(32)18-7-5-4-6-8-18)22-15-25(31)29-23-10-9-20(33-2)14-21(22)23/h4-10,14,17,19,22,24,26,28,30H,3,11-13,15-16H2,1-2H3,(H,29,31). The molecule has 2 aliphatic heterocycles. The number of hydrogen-bond acceptors (Lipinski definition) is 6. The van der Waals surface area contributed by atoms with E-state index in [-0.39, 0.29) is 36.8 Å². The number of carbonyl (C=O) groups is 2. The van der Waals surface area contributed by atoms with Crippen LogP contribution in [0, 0.1) is 11.8 Å². The molecule has 2 aromatic rings. The summed E-state index contributed by atoms with van der Waals surface area (Å²) in [7, 11) is 1.61. The van der Waals surface area contributed by atoms with Crippen LogP contribution >= 0.6 is 0 Å². The summed E-state index contributed by atoms with van der Waals surface area (Å²) < 4.78 is 11.6. The van der Waals surface area contributed by atoms with Crippen LogP contribution in [0.25, 0.3) is 0 Å². The van der Waals surface area contributed by atoms with Gasteiger partial charge in [-0.3, -0.25) is 4.79 Å². The lowest BCUT2D eigenvalue weighted by molar-refractivity contribution is -0.117. The van der Waals surface area contributed by atoms with Gasteiger partial charge in [0, 0.05) is 30.7 Å². The summed E-state index contributed by atoms with van der Waals surface area (Å²) in [6.45, 7) is 3.02. The molecule has 182 valence electrons. The second kappa shape index (κ2) is 11.0. The molecule has 1 amide bonds. The zero-order valence-corrected chi connectivity index (χ0v) is 19.8. The van der Waals surface area contributed by atoms with Crippen LogP contribution in [0.1, 0.15) is 54.4 Å². The fourth-order valence-electron chi connectivity index (χ4n) is 5.37. The van der Waals surface area contributed by atoms with E-state index in [9.17, 15) is 14.7 Å². The number of anilines is 1. The maximum Gasteiger partial charge on any atom is 0.338 e. The normalized spacial score (nSPS) is 23.9. The number of benzene rings is 2. The first-order valence-electron chi connectivity index (χ1n) is 12.1. The molecule has 1 fully saturated rings. The Hall–Kier alpha value is -2.90. The van der Waals surface area contributed by atoms with Gasteiger partial charge >= 0.3 is 5.97 Å². The molecule has 5 unspecified atom stereocenters. The maximum atomic E-state index is 13.2. The van der Waals surface area contributed by atoms with E-state index in [1.165, 1.54) is 0 Å². The van der Waals surface area contributed by atoms with Gasteiger partial charge in [-0.25, -0.2) is 4.79 Å². The molecular weight excluding hydrogens is 432 g/mol. The highest BCUT2D eigenvalue weighted by atomic mass is 16.5. The smallest absolute Gasteiger partial charge is 0.338 e. The van der Waals surface area contributed by atoms with Crippen LogP contribution in [-0.4, -0.2) is 49.4 Å². The number of rotatable bonds is 8. The zero-order valence-electron chi connectivity index (χ0n) is 19.8. The highest BCUT2D eigenvalue weighted by Crippen LogP contribution is 2.41. The molecule has 2 heterocycles. The first-order valence-corrected chi connectivity index (χ1v) is 12.1. The molecule has 7 nitrogen and oxygen atoms in total. The lowest BCUT2D eigenvalue weighted by Crippen LogP contribution is -2.52. The summed E-state index contributed by atoms with van der Waals surface area (Å²) in [5.74, 6) is 0.390. The van der Waals surface area contributed by atoms with Gasteiger partial charge in [-0.15, -0.1) is 0 Å². The monoisotopic (exact) mass is 466 g/mol. The van der Waals surface area contributed by atoms with E-state index in [0.717, 1.165) is 37.1 Å². The quantitative estimate of drug-likeness (QED) is 0.513. The molecule has 0 bridgehead atoms. The van der Waals surface area contributed by atoms with Crippen LogP contribution in [0.4, 0.5) is 5.69 Å². The van der Waals surface area contributed by atoms with Gasteiger partial charge in [0.2, 0.25) is 5.91 Å². The number of esters is 1. The second-order valence-corrected chi connectivity index (χ2v) is 9.24. The number of aliphatic hydroxyl groups is 1. The van der Waals surface area contributed by atoms with Gasteiger partial charge in [0.15, 0.2) is 0 Å². The van der Waals surface area contributed by atoms with E-state index in [2.05, 4.69) is 17.6 Å². The van der Waals surface area contributed by atoms with Gasteiger partial charge < -0.3 is 25.2 Å². The summed E-state index contributed by atoms with van der Waals surface area (Å²) in [4.78, 5) is 25.8. The van der Waals surface area contributed by atoms with Crippen LogP contribution < -0.4 is 15.4 Å². The Morgan fingerprint density at radius 3 is 2.71 bits per heavy atom. The van der Waals surface area contributed by atoms with E-state index < -0.39 is 12.1 Å². The number of aliphatic hydroxyl groups excluding tert-OH is 1. The van der Waals surface area contributed by atoms with Gasteiger partial charge in [-0.2, -0.15) is 0 Å². The minimum atomic E-state index is -0.552. The van der Waals surface area contributed by atoms with Crippen molar-refractivity contribution in [3.8, 4) is 5.75 Å². The largest absolute Gasteiger partial charge is 0.497 e. The first-order chi connectivity index (χ1) is 16.5. The van der Waals surface area contributed by atoms with Gasteiger partial charge in [-0.05, 0) is 67.1 Å². The lowest BCUT2D eigenvalue weighted by atomic mass is 9.75. The van der Waals surface area contributed by atoms with Crippen LogP contribution in [0.15, 0.2) is 48.5 Å². The Balaban J connectivity index is 1.69. The SMILES string of the molecule is CCC(CO)C1CCNC(C(OC(=O)c2ccccc2)C2CC(=O)Nc3ccc(OC)cc32)C1. The average Bonchev–Trinajstić information content (AvgIpc) is 2.88. The molecule has 4 rings (SSSR count). The van der Waals surface area contributed by atoms with Crippen molar-refractivity contribution in [1.82, 2.24) is 5.32 Å². The zero-order chi connectivity index (χ0) is 24.1. The van der Waals surface area contributed by atoms with E-state index in [1.54, 1.807) is 19.2 Å². The highest BCUT2D eigenvalue weighted by Gasteiger charge is 2.41. The van der Waals surface area contributed by atoms with Crippen LogP contribution in [0.2, 0.25) is 0 Å². The number of amides is 1. The van der Waals surface area contributed by atoms with Crippen molar-refractivity contribution >= 4 is 17.6 Å². The third-order valence-electron chi connectivity index (χ3n) is 7.29. The topological polar surface area (TPSA) is 96.9 Å². The number of carbonyl (C=O) groups excluding carboxylic acids is 2. The predicted octanol–water partition coefficient (Wildman–Crippen LogP) is 3.73. The lowest BCUT2D eigenvalue weighted by Gasteiger charge is -2.41. The van der Waals surface area contributed by atoms with Crippen molar-refractivity contribution in [2.24, 2.45) is 11.8 Å². The van der Waals surface area contributed by atoms with Crippen molar-refractivity contribution in [1.29, 1.82) is 0 Å². The molecule has 0 aliphatic carbocycles. The van der Waals surface area contributed by atoms with Crippen LogP contribution in [-0.2, 0) is 9.53 Å². The fourth-order valence-corrected chi connectivity index (χ4v) is 5.37. The van der Waals surface area contributed by atoms with E-state index >= 15 is 0 Å². The number of hydrogen-bond donors (Lipinski definition) is 3. The van der Waals surface area contributed by atoms with Crippen molar-refractivity contribution in [2.75, 3.05) is 25.6 Å². The molecule has 5 atom stereocenters. The summed E-state index contributed by atoms with van der Waals surface area (Å²) in [5, 5.41) is 16.4. The van der Waals surface area contributed by atoms with E-state index in [1.807, 2.05) is 36.4 Å². The summed E-state index contributed by atoms with van der Waals surface area (Å²) >= 11 is 0. The summed E-state index contributed by atoms with van der Waals surface area (Å²) in [5.41, 5.74) is 2.10. The minimum Gasteiger partial charge on any atom is -0.497 e. The number of methoxy groups -OCH3 is 1. The third kappa shape index (κ3) is 5.26. The molecule has 0 saturated carbocycles. The van der Waals surface area contributed by atoms with Crippen molar-refractivity contribution in [3.63, 3.8) is 0 Å². The van der Waals surface area contributed by atoms with Crippen LogP contribution in [0.5, 0.6) is 5.75 Å². The number of ether oxygens (including phenoxy) is 2. The molecule has 0 aromatic heterocycles. The molecule has 34 heavy (non-hydrogen) atoms. The van der Waals surface area contributed by atoms with Crippen molar-refractivity contribution in [2.45, 2.75) is 50.7 Å². The Bertz CT molecular complexity index is 992. The molecule has 2 aromatic carbocycles. The van der Waals surface area contributed by atoms with Crippen molar-refractivity contribution < 1.29 is 24.2 Å². The summed E-state index contributed by atoms with van der Waals surface area (Å²) in [6.07, 6.45) is 2.29. The maximum absolute atomic E-state index is 13.2. The van der Waals surface area contributed by atoms with Gasteiger partial charge in [0.1, 0.15) is 11.9 Å². The van der Waals surface area contributed by atoms with Gasteiger partial charge in [0.25, 0.3) is 0 Å². The number of piperidine rings is 1. The Labute approximate surface area is 200 Å². The molecule has 3 N–H and O–H groups in total.